The van der Waals surface area contributed by atoms with E-state index < -0.39 is 0 Å². The molecular formula is C14H19N3O. The molecule has 2 aliphatic heterocycles. The minimum Gasteiger partial charge on any atom is -0.339 e. The van der Waals surface area contributed by atoms with Gasteiger partial charge in [-0.15, -0.1) is 0 Å². The van der Waals surface area contributed by atoms with Crippen molar-refractivity contribution >= 4 is 5.91 Å². The average molecular weight is 245 g/mol. The lowest BCUT2D eigenvalue weighted by Gasteiger charge is -2.38. The number of piperidine rings is 1. The summed E-state index contributed by atoms with van der Waals surface area (Å²) >= 11 is 0. The van der Waals surface area contributed by atoms with E-state index in [0.717, 1.165) is 44.6 Å². The zero-order chi connectivity index (χ0) is 12.4. The molecule has 2 fully saturated rings. The second-order valence-electron chi connectivity index (χ2n) is 5.45. The van der Waals surface area contributed by atoms with Gasteiger partial charge < -0.3 is 10.2 Å². The predicted molar refractivity (Wildman–Crippen MR) is 69.3 cm³/mol. The molecule has 1 spiro atoms. The monoisotopic (exact) mass is 245 g/mol. The summed E-state index contributed by atoms with van der Waals surface area (Å²) in [4.78, 5) is 18.2. The molecule has 1 N–H and O–H groups in total. The molecule has 0 aromatic carbocycles. The van der Waals surface area contributed by atoms with Crippen molar-refractivity contribution in [2.45, 2.75) is 19.3 Å². The highest BCUT2D eigenvalue weighted by Crippen LogP contribution is 2.37. The van der Waals surface area contributed by atoms with Crippen molar-refractivity contribution in [1.29, 1.82) is 0 Å². The van der Waals surface area contributed by atoms with E-state index in [9.17, 15) is 4.79 Å². The molecule has 3 heterocycles. The Balaban J connectivity index is 1.64. The number of likely N-dealkylation sites (tertiary alicyclic amines) is 1. The lowest BCUT2D eigenvalue weighted by Crippen LogP contribution is -2.44. The Bertz CT molecular complexity index is 416. The minimum absolute atomic E-state index is 0.151. The van der Waals surface area contributed by atoms with Gasteiger partial charge in [-0.3, -0.25) is 9.78 Å². The van der Waals surface area contributed by atoms with Crippen LogP contribution in [0.15, 0.2) is 24.5 Å². The Labute approximate surface area is 107 Å². The number of aromatic nitrogens is 1. The number of carbonyl (C=O) groups excluding carboxylic acids is 1. The summed E-state index contributed by atoms with van der Waals surface area (Å²) in [5, 5.41) is 3.45. The van der Waals surface area contributed by atoms with Gasteiger partial charge in [-0.25, -0.2) is 0 Å². The molecule has 18 heavy (non-hydrogen) atoms. The summed E-state index contributed by atoms with van der Waals surface area (Å²) in [6, 6.07) is 3.59. The first-order valence-electron chi connectivity index (χ1n) is 6.69. The van der Waals surface area contributed by atoms with Crippen LogP contribution in [-0.2, 0) is 0 Å². The van der Waals surface area contributed by atoms with Crippen LogP contribution in [0.5, 0.6) is 0 Å². The van der Waals surface area contributed by atoms with Gasteiger partial charge in [0.05, 0.1) is 0 Å². The Morgan fingerprint density at radius 1 is 1.22 bits per heavy atom. The fourth-order valence-corrected chi connectivity index (χ4v) is 3.08. The summed E-state index contributed by atoms with van der Waals surface area (Å²) in [5.41, 5.74) is 1.22. The Hall–Kier alpha value is -1.42. The second kappa shape index (κ2) is 4.69. The average Bonchev–Trinajstić information content (AvgIpc) is 2.88. The Kier molecular flexibility index (Phi) is 3.04. The van der Waals surface area contributed by atoms with Gasteiger partial charge in [0.15, 0.2) is 0 Å². The maximum Gasteiger partial charge on any atom is 0.253 e. The fourth-order valence-electron chi connectivity index (χ4n) is 3.08. The number of carbonyl (C=O) groups is 1. The molecular weight excluding hydrogens is 226 g/mol. The van der Waals surface area contributed by atoms with Crippen molar-refractivity contribution in [3.8, 4) is 0 Å². The molecule has 1 aromatic heterocycles. The minimum atomic E-state index is 0.151. The van der Waals surface area contributed by atoms with Crippen molar-refractivity contribution in [1.82, 2.24) is 15.2 Å². The quantitative estimate of drug-likeness (QED) is 0.811. The van der Waals surface area contributed by atoms with E-state index in [0.29, 0.717) is 5.41 Å². The summed E-state index contributed by atoms with van der Waals surface area (Å²) in [7, 11) is 0. The van der Waals surface area contributed by atoms with Crippen LogP contribution in [0.2, 0.25) is 0 Å². The van der Waals surface area contributed by atoms with E-state index in [-0.39, 0.29) is 5.91 Å². The number of hydrogen-bond donors (Lipinski definition) is 1. The van der Waals surface area contributed by atoms with Crippen LogP contribution in [0.1, 0.15) is 29.6 Å². The maximum atomic E-state index is 12.3. The van der Waals surface area contributed by atoms with Crippen molar-refractivity contribution in [2.24, 2.45) is 5.41 Å². The fraction of sp³-hybridized carbons (Fsp3) is 0.571. The standard InChI is InChI=1S/C14H19N3O/c18-13(12-1-6-15-7-2-12)17-9-4-14(5-10-17)3-8-16-11-14/h1-2,6-7,16H,3-5,8-11H2. The molecule has 1 amide bonds. The van der Waals surface area contributed by atoms with E-state index in [1.165, 1.54) is 6.42 Å². The van der Waals surface area contributed by atoms with Gasteiger partial charge >= 0.3 is 0 Å². The molecule has 0 saturated carbocycles. The summed E-state index contributed by atoms with van der Waals surface area (Å²) in [5.74, 6) is 0.151. The molecule has 96 valence electrons. The Morgan fingerprint density at radius 3 is 2.56 bits per heavy atom. The van der Waals surface area contributed by atoms with Crippen LogP contribution >= 0.6 is 0 Å². The lowest BCUT2D eigenvalue weighted by molar-refractivity contribution is 0.0607. The lowest BCUT2D eigenvalue weighted by atomic mass is 9.78. The molecule has 2 aliphatic rings. The third-order valence-corrected chi connectivity index (χ3v) is 4.37. The van der Waals surface area contributed by atoms with Crippen molar-refractivity contribution in [3.63, 3.8) is 0 Å². The van der Waals surface area contributed by atoms with Crippen LogP contribution in [0.25, 0.3) is 0 Å². The topological polar surface area (TPSA) is 45.2 Å². The third kappa shape index (κ3) is 2.12. The van der Waals surface area contributed by atoms with Gasteiger partial charge in [0, 0.05) is 37.6 Å². The van der Waals surface area contributed by atoms with Crippen LogP contribution < -0.4 is 5.32 Å². The highest BCUT2D eigenvalue weighted by atomic mass is 16.2. The first-order valence-corrected chi connectivity index (χ1v) is 6.69. The third-order valence-electron chi connectivity index (χ3n) is 4.37. The van der Waals surface area contributed by atoms with Gasteiger partial charge in [0.1, 0.15) is 0 Å². The van der Waals surface area contributed by atoms with E-state index in [1.807, 2.05) is 4.90 Å². The van der Waals surface area contributed by atoms with E-state index >= 15 is 0 Å². The summed E-state index contributed by atoms with van der Waals surface area (Å²) < 4.78 is 0. The zero-order valence-corrected chi connectivity index (χ0v) is 10.6. The van der Waals surface area contributed by atoms with E-state index in [4.69, 9.17) is 0 Å². The zero-order valence-electron chi connectivity index (χ0n) is 10.6. The summed E-state index contributed by atoms with van der Waals surface area (Å²) in [6.07, 6.45) is 6.90. The highest BCUT2D eigenvalue weighted by Gasteiger charge is 2.38. The van der Waals surface area contributed by atoms with Crippen LogP contribution in [0.4, 0.5) is 0 Å². The molecule has 3 rings (SSSR count). The van der Waals surface area contributed by atoms with Crippen LogP contribution in [0, 0.1) is 5.41 Å². The molecule has 0 bridgehead atoms. The molecule has 0 unspecified atom stereocenters. The van der Waals surface area contributed by atoms with Gasteiger partial charge in [0.25, 0.3) is 5.91 Å². The largest absolute Gasteiger partial charge is 0.339 e. The molecule has 4 heteroatoms. The van der Waals surface area contributed by atoms with E-state index in [2.05, 4.69) is 10.3 Å². The number of amides is 1. The van der Waals surface area contributed by atoms with Crippen molar-refractivity contribution in [3.05, 3.63) is 30.1 Å². The van der Waals surface area contributed by atoms with Crippen molar-refractivity contribution < 1.29 is 4.79 Å². The van der Waals surface area contributed by atoms with E-state index in [1.54, 1.807) is 24.5 Å². The van der Waals surface area contributed by atoms with Crippen LogP contribution in [-0.4, -0.2) is 42.0 Å². The number of nitrogens with one attached hydrogen (secondary N) is 1. The van der Waals surface area contributed by atoms with Crippen LogP contribution in [0.3, 0.4) is 0 Å². The molecule has 1 aromatic rings. The molecule has 0 atom stereocenters. The number of nitrogens with zero attached hydrogens (tertiary/aromatic N) is 2. The predicted octanol–water partition coefficient (Wildman–Crippen LogP) is 1.30. The maximum absolute atomic E-state index is 12.3. The first-order chi connectivity index (χ1) is 8.79. The van der Waals surface area contributed by atoms with Gasteiger partial charge in [-0.05, 0) is 43.4 Å². The SMILES string of the molecule is O=C(c1ccncc1)N1CCC2(CCNC2)CC1. The summed E-state index contributed by atoms with van der Waals surface area (Å²) in [6.45, 7) is 4.05. The Morgan fingerprint density at radius 2 is 1.94 bits per heavy atom. The number of pyridine rings is 1. The first kappa shape index (κ1) is 11.7. The van der Waals surface area contributed by atoms with Gasteiger partial charge in [-0.1, -0.05) is 0 Å². The number of rotatable bonds is 1. The molecule has 0 aliphatic carbocycles. The highest BCUT2D eigenvalue weighted by molar-refractivity contribution is 5.94. The van der Waals surface area contributed by atoms with Gasteiger partial charge in [-0.2, -0.15) is 0 Å². The van der Waals surface area contributed by atoms with Gasteiger partial charge in [0.2, 0.25) is 0 Å². The second-order valence-corrected chi connectivity index (χ2v) is 5.45. The molecule has 2 saturated heterocycles. The normalized spacial score (nSPS) is 22.3. The number of hydrogen-bond acceptors (Lipinski definition) is 3. The smallest absolute Gasteiger partial charge is 0.253 e. The molecule has 0 radical (unpaired) electrons. The molecule has 4 nitrogen and oxygen atoms in total. The van der Waals surface area contributed by atoms with Crippen molar-refractivity contribution in [2.75, 3.05) is 26.2 Å².